The van der Waals surface area contributed by atoms with Crippen LogP contribution in [0.1, 0.15) is 64.4 Å². The van der Waals surface area contributed by atoms with Crippen molar-refractivity contribution < 1.29 is 13.5 Å². The predicted octanol–water partition coefficient (Wildman–Crippen LogP) is 5.71. The summed E-state index contributed by atoms with van der Waals surface area (Å²) >= 11 is 0. The number of rotatable bonds is 5. The van der Waals surface area contributed by atoms with Gasteiger partial charge in [0, 0.05) is 5.92 Å². The number of hydrogen-bond acceptors (Lipinski definition) is 1. The third kappa shape index (κ3) is 4.96. The standard InChI is InChI=1S/C20H26F2O/c1-3-5-14-23-18-13-12-17(19(21)20(18)22)11-10-16-8-6-15(4-2)7-9-16/h12-13,15-16H,3-9,14H2,1-2H3. The van der Waals surface area contributed by atoms with Crippen molar-refractivity contribution in [3.05, 3.63) is 29.3 Å². The molecule has 1 aromatic rings. The fourth-order valence-corrected chi connectivity index (χ4v) is 2.96. The van der Waals surface area contributed by atoms with Gasteiger partial charge in [-0.05, 0) is 50.2 Å². The molecule has 0 radical (unpaired) electrons. The van der Waals surface area contributed by atoms with E-state index in [-0.39, 0.29) is 11.3 Å². The highest BCUT2D eigenvalue weighted by atomic mass is 19.2. The molecular weight excluding hydrogens is 294 g/mol. The maximum atomic E-state index is 14.1. The van der Waals surface area contributed by atoms with Gasteiger partial charge in [0.1, 0.15) is 0 Å². The average Bonchev–Trinajstić information content (AvgIpc) is 2.58. The number of unbranched alkanes of at least 4 members (excludes halogenated alkanes) is 1. The van der Waals surface area contributed by atoms with Gasteiger partial charge in [0.05, 0.1) is 12.2 Å². The Balaban J connectivity index is 2.01. The van der Waals surface area contributed by atoms with Crippen molar-refractivity contribution in [1.82, 2.24) is 0 Å². The van der Waals surface area contributed by atoms with Crippen LogP contribution in [-0.2, 0) is 0 Å². The summed E-state index contributed by atoms with van der Waals surface area (Å²) in [7, 11) is 0. The Morgan fingerprint density at radius 3 is 2.48 bits per heavy atom. The van der Waals surface area contributed by atoms with Crippen LogP contribution >= 0.6 is 0 Å². The maximum absolute atomic E-state index is 14.1. The Hall–Kier alpha value is -1.56. The van der Waals surface area contributed by atoms with Gasteiger partial charge in [-0.3, -0.25) is 0 Å². The minimum absolute atomic E-state index is 0.0232. The molecule has 0 amide bonds. The first kappa shape index (κ1) is 17.8. The normalized spacial score (nSPS) is 20.7. The molecule has 0 spiro atoms. The zero-order valence-electron chi connectivity index (χ0n) is 14.1. The summed E-state index contributed by atoms with van der Waals surface area (Å²) in [5.41, 5.74) is 0.128. The average molecular weight is 320 g/mol. The lowest BCUT2D eigenvalue weighted by molar-refractivity contribution is 0.288. The second-order valence-corrected chi connectivity index (χ2v) is 6.34. The van der Waals surface area contributed by atoms with Gasteiger partial charge in [0.15, 0.2) is 11.6 Å². The SMILES string of the molecule is CCCCOc1ccc(C#CC2CCC(CC)CC2)c(F)c1F. The van der Waals surface area contributed by atoms with E-state index in [4.69, 9.17) is 4.74 Å². The van der Waals surface area contributed by atoms with E-state index in [1.165, 1.54) is 31.4 Å². The highest BCUT2D eigenvalue weighted by molar-refractivity contribution is 5.41. The van der Waals surface area contributed by atoms with E-state index in [0.717, 1.165) is 31.6 Å². The quantitative estimate of drug-likeness (QED) is 0.498. The van der Waals surface area contributed by atoms with Crippen LogP contribution in [0.25, 0.3) is 0 Å². The summed E-state index contributed by atoms with van der Waals surface area (Å²) in [4.78, 5) is 0. The van der Waals surface area contributed by atoms with E-state index in [0.29, 0.717) is 12.5 Å². The first-order chi connectivity index (χ1) is 11.2. The molecular formula is C20H26F2O. The molecule has 1 nitrogen and oxygen atoms in total. The summed E-state index contributed by atoms with van der Waals surface area (Å²) < 4.78 is 33.3. The molecule has 0 aromatic heterocycles. The van der Waals surface area contributed by atoms with Crippen LogP contribution in [0.5, 0.6) is 5.75 Å². The van der Waals surface area contributed by atoms with Crippen LogP contribution in [0.15, 0.2) is 12.1 Å². The Kier molecular flexibility index (Phi) is 6.89. The van der Waals surface area contributed by atoms with Crippen LogP contribution in [0.2, 0.25) is 0 Å². The van der Waals surface area contributed by atoms with Crippen molar-refractivity contribution in [3.63, 3.8) is 0 Å². The number of halogens is 2. The topological polar surface area (TPSA) is 9.23 Å². The molecule has 0 bridgehead atoms. The number of hydrogen-bond donors (Lipinski definition) is 0. The minimum atomic E-state index is -0.928. The van der Waals surface area contributed by atoms with Crippen molar-refractivity contribution in [1.29, 1.82) is 0 Å². The van der Waals surface area contributed by atoms with Crippen LogP contribution in [0.4, 0.5) is 8.78 Å². The second kappa shape index (κ2) is 8.91. The molecule has 1 saturated carbocycles. The summed E-state index contributed by atoms with van der Waals surface area (Å²) in [6.45, 7) is 4.64. The predicted molar refractivity (Wildman–Crippen MR) is 89.4 cm³/mol. The molecule has 23 heavy (non-hydrogen) atoms. The Bertz CT molecular complexity index is 563. The van der Waals surface area contributed by atoms with Crippen molar-refractivity contribution >= 4 is 0 Å². The number of ether oxygens (including phenoxy) is 1. The van der Waals surface area contributed by atoms with E-state index >= 15 is 0 Å². The van der Waals surface area contributed by atoms with Crippen LogP contribution in [0.3, 0.4) is 0 Å². The van der Waals surface area contributed by atoms with Crippen LogP contribution < -0.4 is 4.74 Å². The molecule has 0 unspecified atom stereocenters. The van der Waals surface area contributed by atoms with E-state index in [2.05, 4.69) is 18.8 Å². The second-order valence-electron chi connectivity index (χ2n) is 6.34. The van der Waals surface area contributed by atoms with Crippen molar-refractivity contribution in [2.24, 2.45) is 11.8 Å². The molecule has 0 saturated heterocycles. The third-order valence-electron chi connectivity index (χ3n) is 4.64. The smallest absolute Gasteiger partial charge is 0.201 e. The lowest BCUT2D eigenvalue weighted by Crippen LogP contribution is -2.12. The van der Waals surface area contributed by atoms with E-state index in [9.17, 15) is 8.78 Å². The fraction of sp³-hybridized carbons (Fsp3) is 0.600. The van der Waals surface area contributed by atoms with Crippen molar-refractivity contribution in [2.45, 2.75) is 58.8 Å². The Morgan fingerprint density at radius 2 is 1.83 bits per heavy atom. The molecule has 126 valence electrons. The van der Waals surface area contributed by atoms with Gasteiger partial charge < -0.3 is 4.74 Å². The largest absolute Gasteiger partial charge is 0.490 e. The monoisotopic (exact) mass is 320 g/mol. The summed E-state index contributed by atoms with van der Waals surface area (Å²) in [6.07, 6.45) is 7.51. The Labute approximate surface area is 138 Å². The molecule has 3 heteroatoms. The van der Waals surface area contributed by atoms with E-state index in [1.54, 1.807) is 0 Å². The minimum Gasteiger partial charge on any atom is -0.490 e. The summed E-state index contributed by atoms with van der Waals surface area (Å²) in [5.74, 6) is 5.22. The highest BCUT2D eigenvalue weighted by Crippen LogP contribution is 2.30. The van der Waals surface area contributed by atoms with Crippen LogP contribution in [-0.4, -0.2) is 6.61 Å². The molecule has 1 aliphatic carbocycles. The first-order valence-electron chi connectivity index (χ1n) is 8.78. The first-order valence-corrected chi connectivity index (χ1v) is 8.78. The molecule has 2 rings (SSSR count). The van der Waals surface area contributed by atoms with E-state index < -0.39 is 11.6 Å². The highest BCUT2D eigenvalue weighted by Gasteiger charge is 2.18. The summed E-state index contributed by atoms with van der Waals surface area (Å²) in [6, 6.07) is 3.00. The Morgan fingerprint density at radius 1 is 1.09 bits per heavy atom. The molecule has 1 aliphatic rings. The summed E-state index contributed by atoms with van der Waals surface area (Å²) in [5, 5.41) is 0. The number of benzene rings is 1. The molecule has 0 heterocycles. The van der Waals surface area contributed by atoms with Gasteiger partial charge in [-0.15, -0.1) is 0 Å². The molecule has 0 atom stereocenters. The van der Waals surface area contributed by atoms with Gasteiger partial charge in [0.25, 0.3) is 0 Å². The lowest BCUT2D eigenvalue weighted by atomic mass is 9.81. The molecule has 0 aliphatic heterocycles. The fourth-order valence-electron chi connectivity index (χ4n) is 2.96. The van der Waals surface area contributed by atoms with Gasteiger partial charge in [-0.2, -0.15) is 4.39 Å². The van der Waals surface area contributed by atoms with E-state index in [1.807, 2.05) is 6.92 Å². The van der Waals surface area contributed by atoms with Crippen molar-refractivity contribution in [3.8, 4) is 17.6 Å². The third-order valence-corrected chi connectivity index (χ3v) is 4.64. The van der Waals surface area contributed by atoms with Gasteiger partial charge in [-0.1, -0.05) is 38.5 Å². The molecule has 0 N–H and O–H groups in total. The molecule has 1 aromatic carbocycles. The van der Waals surface area contributed by atoms with Crippen molar-refractivity contribution in [2.75, 3.05) is 6.61 Å². The van der Waals surface area contributed by atoms with Gasteiger partial charge >= 0.3 is 0 Å². The molecule has 1 fully saturated rings. The zero-order valence-corrected chi connectivity index (χ0v) is 14.1. The van der Waals surface area contributed by atoms with Gasteiger partial charge in [-0.25, -0.2) is 4.39 Å². The maximum Gasteiger partial charge on any atom is 0.201 e. The van der Waals surface area contributed by atoms with Gasteiger partial charge in [0.2, 0.25) is 5.82 Å². The lowest BCUT2D eigenvalue weighted by Gasteiger charge is -2.24. The zero-order chi connectivity index (χ0) is 16.7. The van der Waals surface area contributed by atoms with Crippen LogP contribution in [0, 0.1) is 35.3 Å².